The smallest absolute Gasteiger partial charge is 0.195 e. The summed E-state index contributed by atoms with van der Waals surface area (Å²) in [6.45, 7) is 5.97. The van der Waals surface area contributed by atoms with Gasteiger partial charge < -0.3 is 0 Å². The van der Waals surface area contributed by atoms with Crippen molar-refractivity contribution in [2.75, 3.05) is 0 Å². The fourth-order valence-corrected chi connectivity index (χ4v) is 8.63. The summed E-state index contributed by atoms with van der Waals surface area (Å²) in [4.78, 5) is 0.140. The minimum absolute atomic E-state index is 0.0702. The van der Waals surface area contributed by atoms with Gasteiger partial charge in [-0.1, -0.05) is 107 Å². The van der Waals surface area contributed by atoms with Gasteiger partial charge in [-0.05, 0) is 44.5 Å². The summed E-state index contributed by atoms with van der Waals surface area (Å²) in [7, 11) is -8.06. The van der Waals surface area contributed by atoms with E-state index in [4.69, 9.17) is 0 Å². The van der Waals surface area contributed by atoms with Crippen molar-refractivity contribution < 1.29 is 16.8 Å². The van der Waals surface area contributed by atoms with Crippen LogP contribution in [0.15, 0.2) is 58.3 Å². The first-order chi connectivity index (χ1) is 15.7. The monoisotopic (exact) mass is 492 g/mol. The molecule has 4 nitrogen and oxygen atoms in total. The molecular formula is C27H40O4S2. The maximum absolute atomic E-state index is 13.4. The lowest BCUT2D eigenvalue weighted by Gasteiger charge is -2.19. The Morgan fingerprint density at radius 3 is 1.24 bits per heavy atom. The molecule has 0 unspecified atom stereocenters. The summed E-state index contributed by atoms with van der Waals surface area (Å²) in [5.41, 5.74) is 1.86. The first kappa shape index (κ1) is 27.6. The molecule has 0 radical (unpaired) electrons. The third-order valence-corrected chi connectivity index (χ3v) is 11.4. The highest BCUT2D eigenvalue weighted by Crippen LogP contribution is 2.30. The lowest BCUT2D eigenvalue weighted by Crippen LogP contribution is -2.31. The van der Waals surface area contributed by atoms with Gasteiger partial charge in [0.25, 0.3) is 0 Å². The zero-order chi connectivity index (χ0) is 24.3. The first-order valence-corrected chi connectivity index (χ1v) is 15.4. The SMILES string of the molecule is CCCCCCCCCCCCC(S(=O)(=O)c1ccc(C)cc1)S(=O)(=O)c1ccc(C)cc1. The molecular weight excluding hydrogens is 452 g/mol. The number of rotatable bonds is 15. The summed E-state index contributed by atoms with van der Waals surface area (Å²) < 4.78 is 52.3. The third kappa shape index (κ3) is 8.25. The van der Waals surface area contributed by atoms with Gasteiger partial charge in [0.1, 0.15) is 0 Å². The Morgan fingerprint density at radius 2 is 0.879 bits per heavy atom. The Hall–Kier alpha value is -1.66. The van der Waals surface area contributed by atoms with Gasteiger partial charge in [-0.15, -0.1) is 0 Å². The Labute approximate surface area is 201 Å². The lowest BCUT2D eigenvalue weighted by molar-refractivity contribution is 0.540. The Kier molecular flexibility index (Phi) is 11.1. The van der Waals surface area contributed by atoms with Gasteiger partial charge in [0.15, 0.2) is 24.3 Å². The highest BCUT2D eigenvalue weighted by Gasteiger charge is 2.39. The topological polar surface area (TPSA) is 68.3 Å². The van der Waals surface area contributed by atoms with Crippen molar-refractivity contribution >= 4 is 19.7 Å². The third-order valence-electron chi connectivity index (χ3n) is 6.18. The van der Waals surface area contributed by atoms with Crippen molar-refractivity contribution in [1.29, 1.82) is 0 Å². The molecule has 0 saturated heterocycles. The van der Waals surface area contributed by atoms with Crippen molar-refractivity contribution in [2.45, 2.75) is 106 Å². The molecule has 0 spiro atoms. The molecule has 0 atom stereocenters. The van der Waals surface area contributed by atoms with Crippen molar-refractivity contribution in [3.05, 3.63) is 59.7 Å². The van der Waals surface area contributed by atoms with Gasteiger partial charge in [-0.2, -0.15) is 0 Å². The van der Waals surface area contributed by atoms with Crippen LogP contribution in [0.4, 0.5) is 0 Å². The number of hydrogen-bond acceptors (Lipinski definition) is 4. The number of aryl methyl sites for hydroxylation is 2. The quantitative estimate of drug-likeness (QED) is 0.247. The van der Waals surface area contributed by atoms with Gasteiger partial charge >= 0.3 is 0 Å². The number of sulfone groups is 2. The van der Waals surface area contributed by atoms with Crippen LogP contribution in [-0.2, 0) is 19.7 Å². The molecule has 0 fully saturated rings. The van der Waals surface area contributed by atoms with Crippen LogP contribution in [0.1, 0.15) is 88.7 Å². The Balaban J connectivity index is 2.09. The molecule has 0 aliphatic rings. The molecule has 0 saturated carbocycles. The summed E-state index contributed by atoms with van der Waals surface area (Å²) in [5, 5.41) is 0. The molecule has 0 N–H and O–H groups in total. The fraction of sp³-hybridized carbons (Fsp3) is 0.556. The van der Waals surface area contributed by atoms with Gasteiger partial charge in [0.05, 0.1) is 9.79 Å². The highest BCUT2D eigenvalue weighted by molar-refractivity contribution is 8.09. The minimum atomic E-state index is -4.03. The van der Waals surface area contributed by atoms with Gasteiger partial charge in [-0.25, -0.2) is 16.8 Å². The zero-order valence-corrected chi connectivity index (χ0v) is 22.1. The molecule has 2 aromatic carbocycles. The van der Waals surface area contributed by atoms with E-state index in [0.29, 0.717) is 6.42 Å². The van der Waals surface area contributed by atoms with Crippen LogP contribution < -0.4 is 0 Å². The van der Waals surface area contributed by atoms with E-state index in [0.717, 1.165) is 30.4 Å². The van der Waals surface area contributed by atoms with Crippen molar-refractivity contribution in [3.63, 3.8) is 0 Å². The van der Waals surface area contributed by atoms with Crippen LogP contribution >= 0.6 is 0 Å². The average molecular weight is 493 g/mol. The normalized spacial score (nSPS) is 12.4. The summed E-state index contributed by atoms with van der Waals surface area (Å²) in [5.74, 6) is 0. The van der Waals surface area contributed by atoms with E-state index in [1.165, 1.54) is 62.8 Å². The number of benzene rings is 2. The molecule has 0 amide bonds. The molecule has 0 aliphatic carbocycles. The molecule has 6 heteroatoms. The zero-order valence-electron chi connectivity index (χ0n) is 20.4. The van der Waals surface area contributed by atoms with Gasteiger partial charge in [0.2, 0.25) is 0 Å². The molecule has 0 heterocycles. The van der Waals surface area contributed by atoms with Crippen LogP contribution in [0.25, 0.3) is 0 Å². The summed E-state index contributed by atoms with van der Waals surface area (Å²) in [6.07, 6.45) is 11.2. The average Bonchev–Trinajstić information content (AvgIpc) is 2.77. The van der Waals surface area contributed by atoms with Crippen molar-refractivity contribution in [2.24, 2.45) is 0 Å². The van der Waals surface area contributed by atoms with E-state index >= 15 is 0 Å². The van der Waals surface area contributed by atoms with E-state index in [2.05, 4.69) is 6.92 Å². The second-order valence-corrected chi connectivity index (χ2v) is 13.7. The van der Waals surface area contributed by atoms with E-state index < -0.39 is 24.3 Å². The highest BCUT2D eigenvalue weighted by atomic mass is 32.3. The number of hydrogen-bond donors (Lipinski definition) is 0. The van der Waals surface area contributed by atoms with E-state index in [-0.39, 0.29) is 16.2 Å². The van der Waals surface area contributed by atoms with Crippen LogP contribution in [0, 0.1) is 13.8 Å². The van der Waals surface area contributed by atoms with Crippen LogP contribution in [0.5, 0.6) is 0 Å². The van der Waals surface area contributed by atoms with E-state index in [9.17, 15) is 16.8 Å². The standard InChI is InChI=1S/C27H40O4S2/c1-4-5-6-7-8-9-10-11-12-13-14-27(32(28,29)25-19-15-23(2)16-20-25)33(30,31)26-21-17-24(3)18-22-26/h15-22,27H,4-14H2,1-3H3. The fourth-order valence-electron chi connectivity index (χ4n) is 4.03. The van der Waals surface area contributed by atoms with Crippen LogP contribution in [0.2, 0.25) is 0 Å². The van der Waals surface area contributed by atoms with Crippen LogP contribution in [0.3, 0.4) is 0 Å². The first-order valence-electron chi connectivity index (χ1n) is 12.3. The minimum Gasteiger partial charge on any atom is -0.222 e. The maximum Gasteiger partial charge on any atom is 0.195 e. The van der Waals surface area contributed by atoms with Gasteiger partial charge in [0, 0.05) is 0 Å². The second-order valence-electron chi connectivity index (χ2n) is 9.12. The van der Waals surface area contributed by atoms with Crippen LogP contribution in [-0.4, -0.2) is 21.4 Å². The molecule has 33 heavy (non-hydrogen) atoms. The molecule has 2 rings (SSSR count). The van der Waals surface area contributed by atoms with E-state index in [1.807, 2.05) is 13.8 Å². The largest absolute Gasteiger partial charge is 0.222 e. The Morgan fingerprint density at radius 1 is 0.545 bits per heavy atom. The van der Waals surface area contributed by atoms with Crippen molar-refractivity contribution in [1.82, 2.24) is 0 Å². The second kappa shape index (κ2) is 13.3. The predicted octanol–water partition coefficient (Wildman–Crippen LogP) is 7.19. The van der Waals surface area contributed by atoms with Crippen molar-refractivity contribution in [3.8, 4) is 0 Å². The molecule has 0 bridgehead atoms. The summed E-state index contributed by atoms with van der Waals surface area (Å²) >= 11 is 0. The van der Waals surface area contributed by atoms with E-state index in [1.54, 1.807) is 24.3 Å². The maximum atomic E-state index is 13.4. The molecule has 0 aromatic heterocycles. The molecule has 0 aliphatic heterocycles. The van der Waals surface area contributed by atoms with Gasteiger partial charge in [-0.3, -0.25) is 0 Å². The Bertz CT molecular complexity index is 963. The number of unbranched alkanes of at least 4 members (excludes halogenated alkanes) is 9. The lowest BCUT2D eigenvalue weighted by atomic mass is 10.1. The summed E-state index contributed by atoms with van der Waals surface area (Å²) in [6, 6.07) is 12.9. The predicted molar refractivity (Wildman–Crippen MR) is 137 cm³/mol. The molecule has 184 valence electrons. The molecule has 2 aromatic rings.